The van der Waals surface area contributed by atoms with Gasteiger partial charge in [0.15, 0.2) is 0 Å². The minimum absolute atomic E-state index is 0.308. The number of carbonyl (C=O) groups is 1. The van der Waals surface area contributed by atoms with E-state index in [2.05, 4.69) is 10.1 Å². The van der Waals surface area contributed by atoms with E-state index in [0.29, 0.717) is 0 Å². The van der Waals surface area contributed by atoms with Gasteiger partial charge in [0.2, 0.25) is 0 Å². The first-order valence-electron chi connectivity index (χ1n) is 4.80. The normalized spacial score (nSPS) is 14.1. The van der Waals surface area contributed by atoms with E-state index in [9.17, 15) is 4.79 Å². The van der Waals surface area contributed by atoms with Gasteiger partial charge in [-0.15, -0.1) is 0 Å². The highest BCUT2D eigenvalue weighted by Crippen LogP contribution is 2.09. The average Bonchev–Trinajstić information content (AvgIpc) is 2.26. The molecule has 0 bridgehead atoms. The van der Waals surface area contributed by atoms with Crippen LogP contribution in [-0.4, -0.2) is 25.2 Å². The molecule has 0 aromatic heterocycles. The maximum absolute atomic E-state index is 11.4. The monoisotopic (exact) mass is 208 g/mol. The number of hydrogen-bond acceptors (Lipinski definition) is 4. The molecule has 0 aliphatic heterocycles. The Morgan fingerprint density at radius 1 is 1.40 bits per heavy atom. The van der Waals surface area contributed by atoms with Gasteiger partial charge in [-0.2, -0.15) is 0 Å². The second kappa shape index (κ2) is 5.36. The first-order valence-corrected chi connectivity index (χ1v) is 4.80. The number of ether oxygens (including phenoxy) is 1. The number of carbonyl (C=O) groups excluding carboxylic acids is 1. The third-order valence-corrected chi connectivity index (χ3v) is 2.08. The van der Waals surface area contributed by atoms with Crippen LogP contribution in [0.5, 0.6) is 0 Å². The van der Waals surface area contributed by atoms with Crippen molar-refractivity contribution in [3.63, 3.8) is 0 Å². The van der Waals surface area contributed by atoms with Gasteiger partial charge in [-0.25, -0.2) is 4.79 Å². The van der Waals surface area contributed by atoms with E-state index in [1.807, 2.05) is 30.3 Å². The Bertz CT molecular complexity index is 312. The number of hydrogen-bond donors (Lipinski definition) is 2. The lowest BCUT2D eigenvalue weighted by Crippen LogP contribution is -2.44. The summed E-state index contributed by atoms with van der Waals surface area (Å²) in [7, 11) is 1.35. The van der Waals surface area contributed by atoms with Gasteiger partial charge in [0.1, 0.15) is 6.04 Å². The van der Waals surface area contributed by atoms with E-state index in [1.54, 1.807) is 6.92 Å². The summed E-state index contributed by atoms with van der Waals surface area (Å²) < 4.78 is 4.66. The number of para-hydroxylation sites is 1. The van der Waals surface area contributed by atoms with Crippen LogP contribution >= 0.6 is 0 Å². The average molecular weight is 208 g/mol. The van der Waals surface area contributed by atoms with Crippen molar-refractivity contribution in [3.8, 4) is 0 Å². The number of nitrogens with two attached hydrogens (primary N) is 1. The number of benzene rings is 1. The minimum atomic E-state index is -0.516. The third-order valence-electron chi connectivity index (χ3n) is 2.08. The molecule has 0 saturated heterocycles. The molecule has 4 heteroatoms. The number of esters is 1. The first kappa shape index (κ1) is 11.5. The van der Waals surface area contributed by atoms with Crippen LogP contribution in [0.3, 0.4) is 0 Å². The molecule has 0 heterocycles. The van der Waals surface area contributed by atoms with Crippen molar-refractivity contribution in [1.82, 2.24) is 0 Å². The Kier molecular flexibility index (Phi) is 4.12. The van der Waals surface area contributed by atoms with Gasteiger partial charge in [0.25, 0.3) is 0 Å². The van der Waals surface area contributed by atoms with Gasteiger partial charge in [-0.05, 0) is 19.1 Å². The number of methoxy groups -OCH3 is 1. The molecule has 82 valence electrons. The van der Waals surface area contributed by atoms with Crippen molar-refractivity contribution in [2.45, 2.75) is 19.0 Å². The largest absolute Gasteiger partial charge is 0.467 e. The summed E-state index contributed by atoms with van der Waals surface area (Å²) in [5, 5.41) is 3.03. The lowest BCUT2D eigenvalue weighted by Gasteiger charge is -2.20. The zero-order valence-electron chi connectivity index (χ0n) is 8.94. The lowest BCUT2D eigenvalue weighted by molar-refractivity contribution is -0.141. The molecule has 0 saturated carbocycles. The molecule has 3 N–H and O–H groups in total. The molecule has 1 aromatic rings. The maximum atomic E-state index is 11.4. The molecule has 0 fully saturated rings. The SMILES string of the molecule is COC(=O)[C@H](Nc1ccccc1)[C@H](C)N. The van der Waals surface area contributed by atoms with E-state index in [1.165, 1.54) is 7.11 Å². The standard InChI is InChI=1S/C11H16N2O2/c1-8(12)10(11(14)15-2)13-9-6-4-3-5-7-9/h3-8,10,13H,12H2,1-2H3/t8-,10+/m0/s1. The Morgan fingerprint density at radius 2 is 2.00 bits per heavy atom. The Morgan fingerprint density at radius 3 is 2.47 bits per heavy atom. The van der Waals surface area contributed by atoms with Gasteiger partial charge in [0.05, 0.1) is 7.11 Å². The predicted octanol–water partition coefficient (Wildman–Crippen LogP) is 0.987. The predicted molar refractivity (Wildman–Crippen MR) is 59.5 cm³/mol. The third kappa shape index (κ3) is 3.25. The van der Waals surface area contributed by atoms with Crippen LogP contribution < -0.4 is 11.1 Å². The summed E-state index contributed by atoms with van der Waals surface area (Å²) >= 11 is 0. The van der Waals surface area contributed by atoms with Gasteiger partial charge in [-0.3, -0.25) is 0 Å². The molecular formula is C11H16N2O2. The highest BCUT2D eigenvalue weighted by molar-refractivity contribution is 5.80. The lowest BCUT2D eigenvalue weighted by atomic mass is 10.1. The molecular weight excluding hydrogens is 192 g/mol. The van der Waals surface area contributed by atoms with E-state index in [-0.39, 0.29) is 12.0 Å². The highest BCUT2D eigenvalue weighted by atomic mass is 16.5. The van der Waals surface area contributed by atoms with Crippen molar-refractivity contribution in [3.05, 3.63) is 30.3 Å². The van der Waals surface area contributed by atoms with Crippen molar-refractivity contribution in [2.24, 2.45) is 5.73 Å². The molecule has 0 unspecified atom stereocenters. The molecule has 0 spiro atoms. The van der Waals surface area contributed by atoms with Crippen LogP contribution in [0.15, 0.2) is 30.3 Å². The Balaban J connectivity index is 2.72. The summed E-state index contributed by atoms with van der Waals surface area (Å²) in [6.45, 7) is 1.76. The molecule has 0 radical (unpaired) electrons. The molecule has 4 nitrogen and oxygen atoms in total. The minimum Gasteiger partial charge on any atom is -0.467 e. The van der Waals surface area contributed by atoms with E-state index < -0.39 is 6.04 Å². The van der Waals surface area contributed by atoms with Gasteiger partial charge in [-0.1, -0.05) is 18.2 Å². The Labute approximate surface area is 89.4 Å². The van der Waals surface area contributed by atoms with E-state index >= 15 is 0 Å². The fourth-order valence-corrected chi connectivity index (χ4v) is 1.25. The van der Waals surface area contributed by atoms with Gasteiger partial charge >= 0.3 is 5.97 Å². The molecule has 1 rings (SSSR count). The molecule has 15 heavy (non-hydrogen) atoms. The Hall–Kier alpha value is -1.55. The number of rotatable bonds is 4. The molecule has 1 aromatic carbocycles. The zero-order valence-corrected chi connectivity index (χ0v) is 8.94. The van der Waals surface area contributed by atoms with Crippen molar-refractivity contribution in [2.75, 3.05) is 12.4 Å². The second-order valence-corrected chi connectivity index (χ2v) is 3.37. The number of nitrogens with one attached hydrogen (secondary N) is 1. The van der Waals surface area contributed by atoms with Crippen LogP contribution in [-0.2, 0) is 9.53 Å². The maximum Gasteiger partial charge on any atom is 0.329 e. The van der Waals surface area contributed by atoms with Crippen LogP contribution in [0.25, 0.3) is 0 Å². The smallest absolute Gasteiger partial charge is 0.329 e. The highest BCUT2D eigenvalue weighted by Gasteiger charge is 2.22. The summed E-state index contributed by atoms with van der Waals surface area (Å²) in [6, 6.07) is 8.60. The van der Waals surface area contributed by atoms with Crippen LogP contribution in [0, 0.1) is 0 Å². The van der Waals surface area contributed by atoms with E-state index in [0.717, 1.165) is 5.69 Å². The second-order valence-electron chi connectivity index (χ2n) is 3.37. The first-order chi connectivity index (χ1) is 7.15. The molecule has 0 aliphatic rings. The number of anilines is 1. The quantitative estimate of drug-likeness (QED) is 0.724. The van der Waals surface area contributed by atoms with Crippen LogP contribution in [0.4, 0.5) is 5.69 Å². The van der Waals surface area contributed by atoms with Gasteiger partial charge < -0.3 is 15.8 Å². The summed E-state index contributed by atoms with van der Waals surface area (Å²) in [4.78, 5) is 11.4. The molecule has 2 atom stereocenters. The summed E-state index contributed by atoms with van der Waals surface area (Å²) in [5.74, 6) is -0.353. The van der Waals surface area contributed by atoms with Crippen molar-refractivity contribution < 1.29 is 9.53 Å². The molecule has 0 amide bonds. The summed E-state index contributed by atoms with van der Waals surface area (Å²) in [5.41, 5.74) is 6.55. The summed E-state index contributed by atoms with van der Waals surface area (Å²) in [6.07, 6.45) is 0. The van der Waals surface area contributed by atoms with Crippen molar-refractivity contribution >= 4 is 11.7 Å². The fourth-order valence-electron chi connectivity index (χ4n) is 1.25. The molecule has 0 aliphatic carbocycles. The van der Waals surface area contributed by atoms with Crippen LogP contribution in [0.2, 0.25) is 0 Å². The topological polar surface area (TPSA) is 64.3 Å². The zero-order chi connectivity index (χ0) is 11.3. The van der Waals surface area contributed by atoms with Gasteiger partial charge in [0, 0.05) is 11.7 Å². The fraction of sp³-hybridized carbons (Fsp3) is 0.364. The van der Waals surface area contributed by atoms with E-state index in [4.69, 9.17) is 5.73 Å². The van der Waals surface area contributed by atoms with Crippen molar-refractivity contribution in [1.29, 1.82) is 0 Å². The van der Waals surface area contributed by atoms with Crippen LogP contribution in [0.1, 0.15) is 6.92 Å².